The van der Waals surface area contributed by atoms with Crippen LogP contribution in [-0.4, -0.2) is 34.2 Å². The molecule has 2 aromatic carbocycles. The Kier molecular flexibility index (Phi) is 8.33. The number of nitro benzene ring substituents is 1. The van der Waals surface area contributed by atoms with Crippen molar-refractivity contribution in [2.24, 2.45) is 0 Å². The van der Waals surface area contributed by atoms with Crippen LogP contribution in [0.5, 0.6) is 0 Å². The minimum absolute atomic E-state index is 0.0967. The van der Waals surface area contributed by atoms with Crippen LogP contribution in [0.2, 0.25) is 0 Å². The van der Waals surface area contributed by atoms with Gasteiger partial charge in [0.25, 0.3) is 5.69 Å². The summed E-state index contributed by atoms with van der Waals surface area (Å²) in [5, 5.41) is 14.1. The van der Waals surface area contributed by atoms with Gasteiger partial charge in [0.2, 0.25) is 11.8 Å². The molecule has 0 aliphatic carbocycles. The largest absolute Gasteiger partial charge is 0.354 e. The Morgan fingerprint density at radius 3 is 2.41 bits per heavy atom. The van der Waals surface area contributed by atoms with Crippen molar-refractivity contribution in [3.8, 4) is 0 Å². The number of nitrogens with zero attached hydrogens (tertiary/aromatic N) is 2. The molecule has 2 aromatic rings. The molecule has 7 nitrogen and oxygen atoms in total. The van der Waals surface area contributed by atoms with Gasteiger partial charge in [0.15, 0.2) is 0 Å². The zero-order valence-corrected chi connectivity index (χ0v) is 16.8. The highest BCUT2D eigenvalue weighted by Crippen LogP contribution is 2.20. The lowest BCUT2D eigenvalue weighted by atomic mass is 10.1. The molecule has 0 fully saturated rings. The highest BCUT2D eigenvalue weighted by Gasteiger charge is 2.27. The number of amides is 2. The van der Waals surface area contributed by atoms with Crippen LogP contribution in [0.4, 0.5) is 5.69 Å². The Morgan fingerprint density at radius 2 is 1.76 bits per heavy atom. The molecule has 0 aromatic heterocycles. The number of carbonyl (C=O) groups is 2. The van der Waals surface area contributed by atoms with Crippen LogP contribution >= 0.6 is 0 Å². The molecule has 154 valence electrons. The molecule has 0 aliphatic rings. The number of nitro groups is 1. The van der Waals surface area contributed by atoms with Gasteiger partial charge >= 0.3 is 0 Å². The predicted molar refractivity (Wildman–Crippen MR) is 111 cm³/mol. The van der Waals surface area contributed by atoms with Gasteiger partial charge in [0.05, 0.1) is 11.3 Å². The molecule has 29 heavy (non-hydrogen) atoms. The number of unbranched alkanes of at least 4 members (excludes halogenated alkanes) is 1. The van der Waals surface area contributed by atoms with Crippen molar-refractivity contribution < 1.29 is 14.5 Å². The van der Waals surface area contributed by atoms with Crippen LogP contribution in [-0.2, 0) is 22.6 Å². The second-order valence-electron chi connectivity index (χ2n) is 6.89. The monoisotopic (exact) mass is 397 g/mol. The molecule has 7 heteroatoms. The van der Waals surface area contributed by atoms with E-state index in [1.54, 1.807) is 25.1 Å². The average Bonchev–Trinajstić information content (AvgIpc) is 2.72. The molecule has 0 spiro atoms. The van der Waals surface area contributed by atoms with Crippen molar-refractivity contribution in [3.05, 3.63) is 75.8 Å². The maximum absolute atomic E-state index is 13.1. The number of hydrogen-bond donors (Lipinski definition) is 1. The summed E-state index contributed by atoms with van der Waals surface area (Å²) in [6, 6.07) is 14.9. The first-order valence-electron chi connectivity index (χ1n) is 9.77. The predicted octanol–water partition coefficient (Wildman–Crippen LogP) is 3.47. The third-order valence-corrected chi connectivity index (χ3v) is 4.72. The summed E-state index contributed by atoms with van der Waals surface area (Å²) in [4.78, 5) is 37.9. The maximum atomic E-state index is 13.1. The van der Waals surface area contributed by atoms with Crippen molar-refractivity contribution >= 4 is 17.5 Å². The molecular weight excluding hydrogens is 370 g/mol. The summed E-state index contributed by atoms with van der Waals surface area (Å²) in [5.41, 5.74) is 1.12. The molecule has 2 amide bonds. The van der Waals surface area contributed by atoms with E-state index in [4.69, 9.17) is 0 Å². The average molecular weight is 397 g/mol. The van der Waals surface area contributed by atoms with Crippen molar-refractivity contribution in [1.82, 2.24) is 10.2 Å². The van der Waals surface area contributed by atoms with E-state index in [-0.39, 0.29) is 30.5 Å². The lowest BCUT2D eigenvalue weighted by Gasteiger charge is -2.29. The lowest BCUT2D eigenvalue weighted by molar-refractivity contribution is -0.385. The van der Waals surface area contributed by atoms with E-state index < -0.39 is 11.0 Å². The molecule has 0 radical (unpaired) electrons. The Labute approximate surface area is 170 Å². The zero-order valence-electron chi connectivity index (χ0n) is 16.8. The van der Waals surface area contributed by atoms with Gasteiger partial charge in [-0.15, -0.1) is 0 Å². The second-order valence-corrected chi connectivity index (χ2v) is 6.89. The van der Waals surface area contributed by atoms with Crippen molar-refractivity contribution in [1.29, 1.82) is 0 Å². The van der Waals surface area contributed by atoms with E-state index in [9.17, 15) is 19.7 Å². The number of rotatable bonds is 10. The molecule has 1 N–H and O–H groups in total. The third-order valence-electron chi connectivity index (χ3n) is 4.72. The molecule has 0 heterocycles. The summed E-state index contributed by atoms with van der Waals surface area (Å²) in [7, 11) is 0. The highest BCUT2D eigenvalue weighted by atomic mass is 16.6. The van der Waals surface area contributed by atoms with Gasteiger partial charge in [-0.3, -0.25) is 19.7 Å². The van der Waals surface area contributed by atoms with Crippen LogP contribution in [0.15, 0.2) is 54.6 Å². The van der Waals surface area contributed by atoms with Gasteiger partial charge in [-0.25, -0.2) is 0 Å². The molecule has 2 rings (SSSR count). The van der Waals surface area contributed by atoms with E-state index in [1.165, 1.54) is 11.0 Å². The summed E-state index contributed by atoms with van der Waals surface area (Å²) in [5.74, 6) is -0.563. The fourth-order valence-electron chi connectivity index (χ4n) is 3.00. The number of benzene rings is 2. The SMILES string of the molecule is CCCCNC(=O)C(C)N(Cc1ccccc1)C(=O)Cc1ccccc1[N+](=O)[O-]. The van der Waals surface area contributed by atoms with Crippen LogP contribution in [0.1, 0.15) is 37.8 Å². The quantitative estimate of drug-likeness (QED) is 0.377. The fraction of sp³-hybridized carbons (Fsp3) is 0.364. The van der Waals surface area contributed by atoms with E-state index in [0.29, 0.717) is 12.1 Å². The standard InChI is InChI=1S/C22H27N3O4/c1-3-4-14-23-22(27)17(2)24(16-18-10-6-5-7-11-18)21(26)15-19-12-8-9-13-20(19)25(28)29/h5-13,17H,3-4,14-16H2,1-2H3,(H,23,27). The number of nitrogens with one attached hydrogen (secondary N) is 1. The third kappa shape index (κ3) is 6.41. The Hall–Kier alpha value is -3.22. The number of hydrogen-bond acceptors (Lipinski definition) is 4. The molecule has 0 saturated heterocycles. The number of para-hydroxylation sites is 1. The minimum Gasteiger partial charge on any atom is -0.354 e. The normalized spacial score (nSPS) is 11.5. The minimum atomic E-state index is -0.692. The van der Waals surface area contributed by atoms with Crippen molar-refractivity contribution in [3.63, 3.8) is 0 Å². The highest BCUT2D eigenvalue weighted by molar-refractivity contribution is 5.88. The Morgan fingerprint density at radius 1 is 1.10 bits per heavy atom. The topological polar surface area (TPSA) is 92.6 Å². The summed E-state index contributed by atoms with van der Waals surface area (Å²) < 4.78 is 0. The van der Waals surface area contributed by atoms with Crippen molar-refractivity contribution in [2.75, 3.05) is 6.54 Å². The molecule has 0 bridgehead atoms. The van der Waals surface area contributed by atoms with E-state index in [1.807, 2.05) is 37.3 Å². The lowest BCUT2D eigenvalue weighted by Crippen LogP contribution is -2.48. The molecule has 1 unspecified atom stereocenters. The Balaban J connectivity index is 2.23. The van der Waals surface area contributed by atoms with Crippen LogP contribution in [0.3, 0.4) is 0 Å². The maximum Gasteiger partial charge on any atom is 0.273 e. The van der Waals surface area contributed by atoms with E-state index in [0.717, 1.165) is 18.4 Å². The smallest absolute Gasteiger partial charge is 0.273 e. The van der Waals surface area contributed by atoms with Crippen LogP contribution in [0, 0.1) is 10.1 Å². The van der Waals surface area contributed by atoms with Gasteiger partial charge < -0.3 is 10.2 Å². The molecule has 1 atom stereocenters. The second kappa shape index (κ2) is 10.9. The van der Waals surface area contributed by atoms with E-state index >= 15 is 0 Å². The van der Waals surface area contributed by atoms with Gasteiger partial charge in [0.1, 0.15) is 6.04 Å². The number of carbonyl (C=O) groups excluding carboxylic acids is 2. The summed E-state index contributed by atoms with van der Waals surface area (Å²) in [6.07, 6.45) is 1.68. The van der Waals surface area contributed by atoms with Gasteiger partial charge in [-0.2, -0.15) is 0 Å². The van der Waals surface area contributed by atoms with E-state index in [2.05, 4.69) is 5.32 Å². The van der Waals surface area contributed by atoms with Gasteiger partial charge in [-0.1, -0.05) is 61.9 Å². The zero-order chi connectivity index (χ0) is 21.2. The Bertz CT molecular complexity index is 839. The first-order chi connectivity index (χ1) is 13.9. The van der Waals surface area contributed by atoms with Crippen molar-refractivity contribution in [2.45, 2.75) is 45.7 Å². The first kappa shape index (κ1) is 22.1. The van der Waals surface area contributed by atoms with Crippen LogP contribution in [0.25, 0.3) is 0 Å². The van der Waals surface area contributed by atoms with Gasteiger partial charge in [-0.05, 0) is 18.9 Å². The first-order valence-corrected chi connectivity index (χ1v) is 9.77. The van der Waals surface area contributed by atoms with Crippen LogP contribution < -0.4 is 5.32 Å². The summed E-state index contributed by atoms with van der Waals surface area (Å²) in [6.45, 7) is 4.52. The molecule has 0 saturated carbocycles. The summed E-state index contributed by atoms with van der Waals surface area (Å²) >= 11 is 0. The molecule has 0 aliphatic heterocycles. The fourth-order valence-corrected chi connectivity index (χ4v) is 3.00. The van der Waals surface area contributed by atoms with Gasteiger partial charge in [0, 0.05) is 24.7 Å². The molecular formula is C22H27N3O4.